The Morgan fingerprint density at radius 1 is 1.15 bits per heavy atom. The highest BCUT2D eigenvalue weighted by molar-refractivity contribution is 8.00. The van der Waals surface area contributed by atoms with Crippen LogP contribution in [0.15, 0.2) is 0 Å². The lowest BCUT2D eigenvalue weighted by molar-refractivity contribution is 0.430. The fraction of sp³-hybridized carbons (Fsp3) is 1.00. The van der Waals surface area contributed by atoms with Crippen LogP contribution in [0.3, 0.4) is 0 Å². The third-order valence-corrected chi connectivity index (χ3v) is 5.06. The number of nitrogens with two attached hydrogens (primary N) is 1. The van der Waals surface area contributed by atoms with Crippen LogP contribution in [0, 0.1) is 5.92 Å². The number of thioether (sulfide) groups is 1. The molecule has 1 saturated carbocycles. The summed E-state index contributed by atoms with van der Waals surface area (Å²) in [6, 6.07) is 0.496. The van der Waals surface area contributed by atoms with Crippen LogP contribution in [0.4, 0.5) is 0 Å². The van der Waals surface area contributed by atoms with E-state index in [9.17, 15) is 0 Å². The standard InChI is InChI=1S/C11H21NS/c12-10(11-6-3-7-13-11)8-9-4-1-2-5-9/h9-11H,1-8,12H2. The summed E-state index contributed by atoms with van der Waals surface area (Å²) in [6.07, 6.45) is 9.88. The van der Waals surface area contributed by atoms with Crippen LogP contribution in [0.25, 0.3) is 0 Å². The van der Waals surface area contributed by atoms with Gasteiger partial charge in [-0.15, -0.1) is 0 Å². The highest BCUT2D eigenvalue weighted by Crippen LogP contribution is 2.34. The minimum absolute atomic E-state index is 0.496. The van der Waals surface area contributed by atoms with Gasteiger partial charge in [-0.2, -0.15) is 11.8 Å². The smallest absolute Gasteiger partial charge is 0.0199 e. The molecule has 76 valence electrons. The van der Waals surface area contributed by atoms with Crippen molar-refractivity contribution in [3.8, 4) is 0 Å². The van der Waals surface area contributed by atoms with E-state index >= 15 is 0 Å². The summed E-state index contributed by atoms with van der Waals surface area (Å²) in [5.41, 5.74) is 6.24. The molecule has 0 radical (unpaired) electrons. The molecule has 13 heavy (non-hydrogen) atoms. The second-order valence-corrected chi connectivity index (χ2v) is 5.95. The van der Waals surface area contributed by atoms with Gasteiger partial charge >= 0.3 is 0 Å². The molecule has 0 amide bonds. The Bertz CT molecular complexity index is 148. The number of hydrogen-bond donors (Lipinski definition) is 1. The maximum Gasteiger partial charge on any atom is 0.0199 e. The predicted octanol–water partition coefficient (Wildman–Crippen LogP) is 2.79. The molecule has 2 atom stereocenters. The van der Waals surface area contributed by atoms with Gasteiger partial charge in [0.05, 0.1) is 0 Å². The summed E-state index contributed by atoms with van der Waals surface area (Å²) >= 11 is 2.11. The summed E-state index contributed by atoms with van der Waals surface area (Å²) in [5.74, 6) is 2.32. The van der Waals surface area contributed by atoms with Crippen molar-refractivity contribution >= 4 is 11.8 Å². The molecular weight excluding hydrogens is 178 g/mol. The first-order valence-corrected chi connectivity index (χ1v) is 6.78. The van der Waals surface area contributed by atoms with Gasteiger partial charge in [0.15, 0.2) is 0 Å². The first-order valence-electron chi connectivity index (χ1n) is 5.73. The highest BCUT2D eigenvalue weighted by Gasteiger charge is 2.26. The van der Waals surface area contributed by atoms with Crippen molar-refractivity contribution in [2.24, 2.45) is 11.7 Å². The van der Waals surface area contributed by atoms with Crippen LogP contribution in [0.2, 0.25) is 0 Å². The van der Waals surface area contributed by atoms with E-state index in [1.165, 1.54) is 50.7 Å². The average Bonchev–Trinajstić information content (AvgIpc) is 2.74. The van der Waals surface area contributed by atoms with Gasteiger partial charge in [-0.25, -0.2) is 0 Å². The molecule has 0 spiro atoms. The molecule has 2 unspecified atom stereocenters. The first kappa shape index (κ1) is 9.85. The molecule has 2 aliphatic rings. The van der Waals surface area contributed by atoms with Crippen LogP contribution >= 0.6 is 11.8 Å². The quantitative estimate of drug-likeness (QED) is 0.756. The van der Waals surface area contributed by atoms with Crippen molar-refractivity contribution in [1.29, 1.82) is 0 Å². The Kier molecular flexibility index (Phi) is 3.56. The number of hydrogen-bond acceptors (Lipinski definition) is 2. The molecule has 1 heterocycles. The van der Waals surface area contributed by atoms with E-state index in [1.807, 2.05) is 0 Å². The molecule has 0 aromatic carbocycles. The first-order chi connectivity index (χ1) is 6.36. The van der Waals surface area contributed by atoms with E-state index in [0.717, 1.165) is 11.2 Å². The van der Waals surface area contributed by atoms with E-state index in [0.29, 0.717) is 6.04 Å². The lowest BCUT2D eigenvalue weighted by Gasteiger charge is -2.21. The van der Waals surface area contributed by atoms with Gasteiger partial charge < -0.3 is 5.73 Å². The second-order valence-electron chi connectivity index (χ2n) is 4.60. The molecule has 2 rings (SSSR count). The van der Waals surface area contributed by atoms with Crippen LogP contribution < -0.4 is 5.73 Å². The minimum Gasteiger partial charge on any atom is -0.327 e. The van der Waals surface area contributed by atoms with Crippen molar-refractivity contribution in [2.75, 3.05) is 5.75 Å². The molecular formula is C11H21NS. The second kappa shape index (κ2) is 4.70. The van der Waals surface area contributed by atoms with Gasteiger partial charge in [-0.1, -0.05) is 25.7 Å². The molecule has 2 N–H and O–H groups in total. The molecule has 0 aromatic rings. The maximum atomic E-state index is 6.24. The van der Waals surface area contributed by atoms with Crippen molar-refractivity contribution in [3.63, 3.8) is 0 Å². The van der Waals surface area contributed by atoms with Gasteiger partial charge in [0.25, 0.3) is 0 Å². The third kappa shape index (κ3) is 2.63. The lowest BCUT2D eigenvalue weighted by atomic mass is 9.95. The zero-order chi connectivity index (χ0) is 9.10. The van der Waals surface area contributed by atoms with E-state index < -0.39 is 0 Å². The Balaban J connectivity index is 1.73. The molecule has 1 saturated heterocycles. The fourth-order valence-electron chi connectivity index (χ4n) is 2.72. The normalized spacial score (nSPS) is 32.5. The van der Waals surface area contributed by atoms with Crippen molar-refractivity contribution < 1.29 is 0 Å². The maximum absolute atomic E-state index is 6.24. The van der Waals surface area contributed by atoms with Gasteiger partial charge in [-0.3, -0.25) is 0 Å². The fourth-order valence-corrected chi connectivity index (χ4v) is 4.05. The summed E-state index contributed by atoms with van der Waals surface area (Å²) in [7, 11) is 0. The summed E-state index contributed by atoms with van der Waals surface area (Å²) in [4.78, 5) is 0. The molecule has 0 bridgehead atoms. The van der Waals surface area contributed by atoms with Crippen LogP contribution in [0.5, 0.6) is 0 Å². The van der Waals surface area contributed by atoms with E-state index in [-0.39, 0.29) is 0 Å². The van der Waals surface area contributed by atoms with Crippen molar-refractivity contribution in [1.82, 2.24) is 0 Å². The van der Waals surface area contributed by atoms with E-state index in [2.05, 4.69) is 11.8 Å². The predicted molar refractivity (Wildman–Crippen MR) is 60.0 cm³/mol. The Morgan fingerprint density at radius 3 is 2.54 bits per heavy atom. The monoisotopic (exact) mass is 199 g/mol. The van der Waals surface area contributed by atoms with Crippen LogP contribution in [-0.4, -0.2) is 17.0 Å². The van der Waals surface area contributed by atoms with Crippen molar-refractivity contribution in [2.45, 2.75) is 56.2 Å². The van der Waals surface area contributed by atoms with Crippen LogP contribution in [0.1, 0.15) is 44.9 Å². The topological polar surface area (TPSA) is 26.0 Å². The Morgan fingerprint density at radius 2 is 1.92 bits per heavy atom. The number of rotatable bonds is 3. The summed E-state index contributed by atoms with van der Waals surface area (Å²) < 4.78 is 0. The summed E-state index contributed by atoms with van der Waals surface area (Å²) in [6.45, 7) is 0. The van der Waals surface area contributed by atoms with E-state index in [1.54, 1.807) is 0 Å². The van der Waals surface area contributed by atoms with Crippen molar-refractivity contribution in [3.05, 3.63) is 0 Å². The molecule has 1 aliphatic heterocycles. The molecule has 2 fully saturated rings. The third-order valence-electron chi connectivity index (χ3n) is 3.52. The molecule has 1 nitrogen and oxygen atoms in total. The zero-order valence-corrected chi connectivity index (χ0v) is 9.19. The summed E-state index contributed by atoms with van der Waals surface area (Å²) in [5, 5.41) is 0.792. The highest BCUT2D eigenvalue weighted by atomic mass is 32.2. The van der Waals surface area contributed by atoms with Crippen LogP contribution in [-0.2, 0) is 0 Å². The minimum atomic E-state index is 0.496. The van der Waals surface area contributed by atoms with Gasteiger partial charge in [0.2, 0.25) is 0 Å². The zero-order valence-electron chi connectivity index (χ0n) is 8.37. The largest absolute Gasteiger partial charge is 0.327 e. The molecule has 2 heteroatoms. The van der Waals surface area contributed by atoms with Gasteiger partial charge in [-0.05, 0) is 30.9 Å². The van der Waals surface area contributed by atoms with Gasteiger partial charge in [0, 0.05) is 11.3 Å². The SMILES string of the molecule is NC(CC1CCCC1)C1CCCS1. The van der Waals surface area contributed by atoms with Gasteiger partial charge in [0.1, 0.15) is 0 Å². The lowest BCUT2D eigenvalue weighted by Crippen LogP contribution is -2.32. The molecule has 1 aliphatic carbocycles. The molecule has 0 aromatic heterocycles. The Hall–Kier alpha value is 0.310. The Labute approximate surface area is 85.8 Å². The van der Waals surface area contributed by atoms with E-state index in [4.69, 9.17) is 5.73 Å². The average molecular weight is 199 g/mol.